The van der Waals surface area contributed by atoms with Gasteiger partial charge in [-0.1, -0.05) is 40.1 Å². The zero-order chi connectivity index (χ0) is 15.9. The highest BCUT2D eigenvalue weighted by Crippen LogP contribution is 2.12. The highest BCUT2D eigenvalue weighted by atomic mass is 79.9. The lowest BCUT2D eigenvalue weighted by atomic mass is 10.2. The predicted octanol–water partition coefficient (Wildman–Crippen LogP) is 3.38. The monoisotopic (exact) mass is 365 g/mol. The Morgan fingerprint density at radius 2 is 2.00 bits per heavy atom. The fourth-order valence-electron chi connectivity index (χ4n) is 2.07. The zero-order valence-electron chi connectivity index (χ0n) is 12.9. The van der Waals surface area contributed by atoms with E-state index in [9.17, 15) is 4.79 Å². The minimum atomic E-state index is 0.0677. The molecule has 0 aliphatic heterocycles. The normalized spacial score (nSPS) is 10.7. The van der Waals surface area contributed by atoms with Crippen molar-refractivity contribution in [1.82, 2.24) is 15.0 Å². The SMILES string of the molecule is CCCc1noc(CCC(=O)N(C)Cc2ccc(Br)cc2)n1. The van der Waals surface area contributed by atoms with Crippen molar-refractivity contribution < 1.29 is 9.32 Å². The Bertz CT molecular complexity index is 610. The van der Waals surface area contributed by atoms with Crippen molar-refractivity contribution in [2.45, 2.75) is 39.2 Å². The molecule has 0 fully saturated rings. The Hall–Kier alpha value is -1.69. The Balaban J connectivity index is 1.81. The van der Waals surface area contributed by atoms with Crippen molar-refractivity contribution in [1.29, 1.82) is 0 Å². The number of aryl methyl sites for hydroxylation is 2. The topological polar surface area (TPSA) is 59.2 Å². The molecular weight excluding hydrogens is 346 g/mol. The first-order valence-corrected chi connectivity index (χ1v) is 8.17. The van der Waals surface area contributed by atoms with Gasteiger partial charge in [-0.3, -0.25) is 4.79 Å². The number of hydrogen-bond acceptors (Lipinski definition) is 4. The maximum Gasteiger partial charge on any atom is 0.227 e. The smallest absolute Gasteiger partial charge is 0.227 e. The predicted molar refractivity (Wildman–Crippen MR) is 87.2 cm³/mol. The molecule has 5 nitrogen and oxygen atoms in total. The van der Waals surface area contributed by atoms with Gasteiger partial charge in [0.05, 0.1) is 0 Å². The van der Waals surface area contributed by atoms with E-state index in [1.54, 1.807) is 11.9 Å². The molecule has 22 heavy (non-hydrogen) atoms. The molecule has 1 aromatic heterocycles. The summed E-state index contributed by atoms with van der Waals surface area (Å²) in [5.74, 6) is 1.32. The van der Waals surface area contributed by atoms with Gasteiger partial charge >= 0.3 is 0 Å². The van der Waals surface area contributed by atoms with Gasteiger partial charge in [-0.05, 0) is 24.1 Å². The second kappa shape index (κ2) is 8.08. The zero-order valence-corrected chi connectivity index (χ0v) is 14.5. The van der Waals surface area contributed by atoms with E-state index in [0.29, 0.717) is 31.1 Å². The number of aromatic nitrogens is 2. The van der Waals surface area contributed by atoms with Gasteiger partial charge in [-0.15, -0.1) is 0 Å². The molecule has 0 saturated heterocycles. The molecule has 0 spiro atoms. The van der Waals surface area contributed by atoms with Gasteiger partial charge in [-0.2, -0.15) is 4.98 Å². The molecule has 2 aromatic rings. The molecule has 1 amide bonds. The second-order valence-electron chi connectivity index (χ2n) is 5.23. The first kappa shape index (κ1) is 16.7. The lowest BCUT2D eigenvalue weighted by Gasteiger charge is -2.16. The van der Waals surface area contributed by atoms with Crippen molar-refractivity contribution >= 4 is 21.8 Å². The molecular formula is C16H20BrN3O2. The number of amides is 1. The molecule has 0 atom stereocenters. The number of carbonyl (C=O) groups excluding carboxylic acids is 1. The molecule has 1 heterocycles. The number of rotatable bonds is 7. The Kier molecular flexibility index (Phi) is 6.12. The van der Waals surface area contributed by atoms with Gasteiger partial charge in [0.25, 0.3) is 0 Å². The number of benzene rings is 1. The third-order valence-electron chi connectivity index (χ3n) is 3.30. The fourth-order valence-corrected chi connectivity index (χ4v) is 2.34. The maximum absolute atomic E-state index is 12.1. The Morgan fingerprint density at radius 3 is 2.68 bits per heavy atom. The molecule has 0 radical (unpaired) electrons. The summed E-state index contributed by atoms with van der Waals surface area (Å²) in [7, 11) is 1.81. The number of carbonyl (C=O) groups is 1. The molecule has 118 valence electrons. The number of hydrogen-bond donors (Lipinski definition) is 0. The largest absolute Gasteiger partial charge is 0.341 e. The number of halogens is 1. The molecule has 0 aliphatic rings. The molecule has 0 unspecified atom stereocenters. The fraction of sp³-hybridized carbons (Fsp3) is 0.438. The van der Waals surface area contributed by atoms with E-state index in [1.807, 2.05) is 24.3 Å². The molecule has 6 heteroatoms. The summed E-state index contributed by atoms with van der Waals surface area (Å²) in [6.45, 7) is 2.66. The van der Waals surface area contributed by atoms with Crippen LogP contribution in [0.15, 0.2) is 33.3 Å². The van der Waals surface area contributed by atoms with Crippen molar-refractivity contribution in [2.24, 2.45) is 0 Å². The van der Waals surface area contributed by atoms with E-state index in [0.717, 1.165) is 22.9 Å². The first-order chi connectivity index (χ1) is 10.6. The van der Waals surface area contributed by atoms with Crippen LogP contribution in [0.25, 0.3) is 0 Å². The van der Waals surface area contributed by atoms with E-state index < -0.39 is 0 Å². The van der Waals surface area contributed by atoms with E-state index in [-0.39, 0.29) is 5.91 Å². The van der Waals surface area contributed by atoms with Crippen molar-refractivity contribution in [3.8, 4) is 0 Å². The van der Waals surface area contributed by atoms with Gasteiger partial charge < -0.3 is 9.42 Å². The van der Waals surface area contributed by atoms with Crippen LogP contribution in [-0.2, 0) is 24.2 Å². The summed E-state index contributed by atoms with van der Waals surface area (Å²) in [6, 6.07) is 7.95. The molecule has 0 aliphatic carbocycles. The van der Waals surface area contributed by atoms with Gasteiger partial charge in [0, 0.05) is 37.3 Å². The molecule has 2 rings (SSSR count). The summed E-state index contributed by atoms with van der Waals surface area (Å²) in [6.07, 6.45) is 2.65. The van der Waals surface area contributed by atoms with Crippen LogP contribution < -0.4 is 0 Å². The maximum atomic E-state index is 12.1. The van der Waals surface area contributed by atoms with Gasteiger partial charge in [0.1, 0.15) is 0 Å². The van der Waals surface area contributed by atoms with Crippen molar-refractivity contribution in [3.63, 3.8) is 0 Å². The summed E-state index contributed by atoms with van der Waals surface area (Å²) < 4.78 is 6.17. The van der Waals surface area contributed by atoms with E-state index in [2.05, 4.69) is 33.0 Å². The molecule has 0 saturated carbocycles. The summed E-state index contributed by atoms with van der Waals surface area (Å²) in [4.78, 5) is 18.1. The Morgan fingerprint density at radius 1 is 1.27 bits per heavy atom. The summed E-state index contributed by atoms with van der Waals surface area (Å²) >= 11 is 3.40. The van der Waals surface area contributed by atoms with Crippen molar-refractivity contribution in [2.75, 3.05) is 7.05 Å². The van der Waals surface area contributed by atoms with Crippen LogP contribution in [0.5, 0.6) is 0 Å². The third-order valence-corrected chi connectivity index (χ3v) is 3.82. The van der Waals surface area contributed by atoms with Crippen LogP contribution in [0.3, 0.4) is 0 Å². The van der Waals surface area contributed by atoms with Crippen LogP contribution >= 0.6 is 15.9 Å². The molecule has 0 N–H and O–H groups in total. The molecule has 0 bridgehead atoms. The highest BCUT2D eigenvalue weighted by Gasteiger charge is 2.12. The van der Waals surface area contributed by atoms with Gasteiger partial charge in [0.15, 0.2) is 5.82 Å². The minimum absolute atomic E-state index is 0.0677. The summed E-state index contributed by atoms with van der Waals surface area (Å²) in [5, 5.41) is 3.89. The van der Waals surface area contributed by atoms with E-state index in [1.165, 1.54) is 0 Å². The van der Waals surface area contributed by atoms with Crippen LogP contribution in [0.1, 0.15) is 37.0 Å². The standard InChI is InChI=1S/C16H20BrN3O2/c1-3-4-14-18-15(22-19-14)9-10-16(21)20(2)11-12-5-7-13(17)8-6-12/h5-8H,3-4,9-11H2,1-2H3. The van der Waals surface area contributed by atoms with Crippen LogP contribution in [0.4, 0.5) is 0 Å². The lowest BCUT2D eigenvalue weighted by Crippen LogP contribution is -2.26. The van der Waals surface area contributed by atoms with Gasteiger partial charge in [0.2, 0.25) is 11.8 Å². The third kappa shape index (κ3) is 4.94. The Labute approximate surface area is 138 Å². The highest BCUT2D eigenvalue weighted by molar-refractivity contribution is 9.10. The quantitative estimate of drug-likeness (QED) is 0.754. The van der Waals surface area contributed by atoms with Crippen molar-refractivity contribution in [3.05, 3.63) is 46.0 Å². The average molecular weight is 366 g/mol. The van der Waals surface area contributed by atoms with E-state index in [4.69, 9.17) is 4.52 Å². The second-order valence-corrected chi connectivity index (χ2v) is 6.15. The lowest BCUT2D eigenvalue weighted by molar-refractivity contribution is -0.130. The van der Waals surface area contributed by atoms with Gasteiger partial charge in [-0.25, -0.2) is 0 Å². The minimum Gasteiger partial charge on any atom is -0.341 e. The van der Waals surface area contributed by atoms with E-state index >= 15 is 0 Å². The first-order valence-electron chi connectivity index (χ1n) is 7.38. The van der Waals surface area contributed by atoms with Crippen LogP contribution in [-0.4, -0.2) is 28.0 Å². The number of nitrogens with zero attached hydrogens (tertiary/aromatic N) is 3. The van der Waals surface area contributed by atoms with Crippen LogP contribution in [0, 0.1) is 0 Å². The average Bonchev–Trinajstić information content (AvgIpc) is 2.95. The van der Waals surface area contributed by atoms with Crippen LogP contribution in [0.2, 0.25) is 0 Å². The summed E-state index contributed by atoms with van der Waals surface area (Å²) in [5.41, 5.74) is 1.10. The molecule has 1 aromatic carbocycles.